The molecule has 2 aromatic heterocycles. The van der Waals surface area contributed by atoms with Crippen LogP contribution in [0.3, 0.4) is 0 Å². The number of aliphatic hydroxyl groups excluding tert-OH is 1. The molecule has 1 aliphatic carbocycles. The highest BCUT2D eigenvalue weighted by molar-refractivity contribution is 5.99. The number of rotatable bonds is 4. The Kier molecular flexibility index (Phi) is 4.34. The molecule has 5 rings (SSSR count). The number of aryl methyl sites for hydroxylation is 1. The molecule has 6 heteroatoms. The van der Waals surface area contributed by atoms with E-state index in [0.717, 1.165) is 22.3 Å². The van der Waals surface area contributed by atoms with E-state index >= 15 is 0 Å². The second-order valence-corrected chi connectivity index (χ2v) is 7.98. The van der Waals surface area contributed by atoms with Gasteiger partial charge in [-0.05, 0) is 30.9 Å². The molecule has 3 N–H and O–H groups in total. The van der Waals surface area contributed by atoms with Crippen LogP contribution < -0.4 is 11.3 Å². The van der Waals surface area contributed by atoms with Gasteiger partial charge in [-0.1, -0.05) is 54.6 Å². The van der Waals surface area contributed by atoms with Crippen molar-refractivity contribution in [1.29, 1.82) is 0 Å². The Hall–Kier alpha value is -3.22. The number of aromatic nitrogens is 2. The van der Waals surface area contributed by atoms with Gasteiger partial charge < -0.3 is 15.3 Å². The molecular weight excluding hydrogens is 378 g/mol. The Bertz CT molecular complexity index is 1270. The van der Waals surface area contributed by atoms with Crippen LogP contribution in [0.25, 0.3) is 33.6 Å². The molecule has 2 heterocycles. The van der Waals surface area contributed by atoms with E-state index in [1.807, 2.05) is 61.5 Å². The Morgan fingerprint density at radius 2 is 1.83 bits per heavy atom. The van der Waals surface area contributed by atoms with Gasteiger partial charge in [-0.25, -0.2) is 4.98 Å². The zero-order valence-corrected chi connectivity index (χ0v) is 16.7. The second kappa shape index (κ2) is 6.93. The topological polar surface area (TPSA) is 94.3 Å². The summed E-state index contributed by atoms with van der Waals surface area (Å²) in [6.07, 6.45) is 2.32. The summed E-state index contributed by atoms with van der Waals surface area (Å²) in [6.45, 7) is 2.45. The number of fused-ring (bicyclic) bond motifs is 1. The lowest BCUT2D eigenvalue weighted by atomic mass is 9.70. The maximum atomic E-state index is 13.1. The highest BCUT2D eigenvalue weighted by atomic mass is 16.3. The van der Waals surface area contributed by atoms with Crippen LogP contribution in [-0.4, -0.2) is 20.8 Å². The van der Waals surface area contributed by atoms with Gasteiger partial charge >= 0.3 is 0 Å². The standard InChI is InChI=1S/C24H23N3O3/c1-2-27-14-26-22-20(23(27)29)19(15-6-4-3-5-7-15)21(30-22)16-8-10-17(11-9-16)24(25)12-18(28)13-24/h3-11,14,18,28H,2,12-13,25H2,1H3/t18-,24+. The molecule has 152 valence electrons. The van der Waals surface area contributed by atoms with Gasteiger partial charge in [0.1, 0.15) is 17.5 Å². The molecule has 2 aromatic carbocycles. The highest BCUT2D eigenvalue weighted by Crippen LogP contribution is 2.42. The molecule has 0 atom stereocenters. The quantitative estimate of drug-likeness (QED) is 0.544. The Balaban J connectivity index is 1.69. The van der Waals surface area contributed by atoms with Gasteiger partial charge in [0.15, 0.2) is 0 Å². The van der Waals surface area contributed by atoms with Crippen LogP contribution in [0.15, 0.2) is 70.1 Å². The summed E-state index contributed by atoms with van der Waals surface area (Å²) in [5, 5.41) is 10.1. The molecule has 1 fully saturated rings. The molecule has 0 bridgehead atoms. The van der Waals surface area contributed by atoms with E-state index < -0.39 is 5.54 Å². The third kappa shape index (κ3) is 2.88. The van der Waals surface area contributed by atoms with Crippen molar-refractivity contribution in [1.82, 2.24) is 9.55 Å². The highest BCUT2D eigenvalue weighted by Gasteiger charge is 2.41. The largest absolute Gasteiger partial charge is 0.437 e. The third-order valence-electron chi connectivity index (χ3n) is 6.00. The van der Waals surface area contributed by atoms with Crippen molar-refractivity contribution < 1.29 is 9.52 Å². The molecular formula is C24H23N3O3. The molecule has 6 nitrogen and oxygen atoms in total. The third-order valence-corrected chi connectivity index (χ3v) is 6.00. The van der Waals surface area contributed by atoms with Gasteiger partial charge in [0, 0.05) is 23.2 Å². The van der Waals surface area contributed by atoms with E-state index in [2.05, 4.69) is 4.98 Å². The number of benzene rings is 2. The SMILES string of the molecule is CCn1cnc2oc(-c3ccc([C@]4(N)C[C@@H](O)C4)cc3)c(-c3ccccc3)c2c1=O. The predicted molar refractivity (Wildman–Crippen MR) is 116 cm³/mol. The number of hydrogen-bond donors (Lipinski definition) is 2. The van der Waals surface area contributed by atoms with Gasteiger partial charge in [-0.2, -0.15) is 0 Å². The van der Waals surface area contributed by atoms with Crippen molar-refractivity contribution in [2.24, 2.45) is 5.73 Å². The zero-order chi connectivity index (χ0) is 20.9. The van der Waals surface area contributed by atoms with Crippen molar-refractivity contribution in [3.8, 4) is 22.5 Å². The van der Waals surface area contributed by atoms with Crippen molar-refractivity contribution in [2.45, 2.75) is 38.0 Å². The van der Waals surface area contributed by atoms with Crippen molar-refractivity contribution >= 4 is 11.1 Å². The molecule has 1 aliphatic rings. The fraction of sp³-hybridized carbons (Fsp3) is 0.250. The molecule has 4 aromatic rings. The maximum Gasteiger partial charge on any atom is 0.265 e. The summed E-state index contributed by atoms with van der Waals surface area (Å²) in [5.74, 6) is 0.612. The molecule has 30 heavy (non-hydrogen) atoms. The Morgan fingerprint density at radius 3 is 2.47 bits per heavy atom. The lowest BCUT2D eigenvalue weighted by molar-refractivity contribution is 0.0209. The summed E-state index contributed by atoms with van der Waals surface area (Å²) >= 11 is 0. The van der Waals surface area contributed by atoms with E-state index in [9.17, 15) is 9.90 Å². The number of hydrogen-bond acceptors (Lipinski definition) is 5. The summed E-state index contributed by atoms with van der Waals surface area (Å²) < 4.78 is 7.69. The second-order valence-electron chi connectivity index (χ2n) is 7.98. The van der Waals surface area contributed by atoms with Crippen molar-refractivity contribution in [3.05, 3.63) is 76.8 Å². The first-order valence-electron chi connectivity index (χ1n) is 10.2. The number of furan rings is 1. The Labute approximate surface area is 173 Å². The van der Waals surface area contributed by atoms with Crippen molar-refractivity contribution in [2.75, 3.05) is 0 Å². The van der Waals surface area contributed by atoms with E-state index in [1.165, 1.54) is 6.33 Å². The average Bonchev–Trinajstić information content (AvgIpc) is 3.14. The minimum absolute atomic E-state index is 0.114. The molecule has 0 spiro atoms. The minimum Gasteiger partial charge on any atom is -0.437 e. The van der Waals surface area contributed by atoms with Gasteiger partial charge in [0.25, 0.3) is 5.56 Å². The van der Waals surface area contributed by atoms with Gasteiger partial charge in [-0.3, -0.25) is 9.36 Å². The molecule has 1 saturated carbocycles. The monoisotopic (exact) mass is 401 g/mol. The fourth-order valence-corrected chi connectivity index (χ4v) is 4.31. The maximum absolute atomic E-state index is 13.1. The molecule has 0 aliphatic heterocycles. The van der Waals surface area contributed by atoms with Gasteiger partial charge in [0.2, 0.25) is 5.71 Å². The summed E-state index contributed by atoms with van der Waals surface area (Å²) in [5.41, 5.74) is 9.63. The van der Waals surface area contributed by atoms with Crippen LogP contribution in [0.2, 0.25) is 0 Å². The van der Waals surface area contributed by atoms with Gasteiger partial charge in [0.05, 0.1) is 6.10 Å². The molecule has 0 amide bonds. The molecule has 0 unspecified atom stereocenters. The zero-order valence-electron chi connectivity index (χ0n) is 16.7. The first kappa shape index (κ1) is 18.8. The fourth-order valence-electron chi connectivity index (χ4n) is 4.31. The normalized spacial score (nSPS) is 21.0. The predicted octanol–water partition coefficient (Wildman–Crippen LogP) is 3.65. The molecule has 0 radical (unpaired) electrons. The molecule has 0 saturated heterocycles. The number of aliphatic hydroxyl groups is 1. The lowest BCUT2D eigenvalue weighted by Crippen LogP contribution is -2.51. The Morgan fingerprint density at radius 1 is 1.13 bits per heavy atom. The summed E-state index contributed by atoms with van der Waals surface area (Å²) in [7, 11) is 0. The lowest BCUT2D eigenvalue weighted by Gasteiger charge is -2.42. The van der Waals surface area contributed by atoms with E-state index in [1.54, 1.807) is 4.57 Å². The number of nitrogens with two attached hydrogens (primary N) is 1. The number of nitrogens with zero attached hydrogens (tertiary/aromatic N) is 2. The first-order chi connectivity index (χ1) is 14.5. The van der Waals surface area contributed by atoms with Crippen LogP contribution in [0.4, 0.5) is 0 Å². The van der Waals surface area contributed by atoms with Crippen LogP contribution in [0.1, 0.15) is 25.3 Å². The van der Waals surface area contributed by atoms with Crippen LogP contribution in [0.5, 0.6) is 0 Å². The summed E-state index contributed by atoms with van der Waals surface area (Å²) in [4.78, 5) is 17.5. The van der Waals surface area contributed by atoms with Crippen molar-refractivity contribution in [3.63, 3.8) is 0 Å². The van der Waals surface area contributed by atoms with Crippen LogP contribution in [-0.2, 0) is 12.1 Å². The van der Waals surface area contributed by atoms with E-state index in [-0.39, 0.29) is 11.7 Å². The summed E-state index contributed by atoms with van der Waals surface area (Å²) in [6, 6.07) is 17.6. The van der Waals surface area contributed by atoms with E-state index in [4.69, 9.17) is 10.2 Å². The first-order valence-corrected chi connectivity index (χ1v) is 10.2. The van der Waals surface area contributed by atoms with Gasteiger partial charge in [-0.15, -0.1) is 0 Å². The van der Waals surface area contributed by atoms with Crippen LogP contribution >= 0.6 is 0 Å². The average molecular weight is 401 g/mol. The minimum atomic E-state index is -0.482. The smallest absolute Gasteiger partial charge is 0.265 e. The van der Waals surface area contributed by atoms with Crippen LogP contribution in [0, 0.1) is 0 Å². The van der Waals surface area contributed by atoms with E-state index in [0.29, 0.717) is 36.2 Å².